The molecule has 4 aromatic rings. The summed E-state index contributed by atoms with van der Waals surface area (Å²) in [6, 6.07) is 24.7. The van der Waals surface area contributed by atoms with E-state index in [2.05, 4.69) is 15.8 Å². The summed E-state index contributed by atoms with van der Waals surface area (Å²) in [5, 5.41) is 8.06. The maximum Gasteiger partial charge on any atom is 0.343 e. The molecule has 0 spiro atoms. The first-order chi connectivity index (χ1) is 17.5. The number of fused-ring (bicyclic) bond motifs is 1. The van der Waals surface area contributed by atoms with E-state index in [9.17, 15) is 14.4 Å². The number of amides is 2. The van der Waals surface area contributed by atoms with Crippen molar-refractivity contribution in [3.63, 3.8) is 0 Å². The van der Waals surface area contributed by atoms with Crippen LogP contribution in [-0.2, 0) is 9.59 Å². The average molecular weight is 482 g/mol. The Balaban J connectivity index is 1.54. The van der Waals surface area contributed by atoms with E-state index in [1.54, 1.807) is 48.5 Å². The van der Waals surface area contributed by atoms with Crippen molar-refractivity contribution in [2.45, 2.75) is 6.92 Å². The van der Waals surface area contributed by atoms with Gasteiger partial charge in [0.05, 0.1) is 24.6 Å². The summed E-state index contributed by atoms with van der Waals surface area (Å²) < 4.78 is 10.8. The first-order valence-corrected chi connectivity index (χ1v) is 11.0. The largest absolute Gasteiger partial charge is 0.495 e. The molecule has 0 aliphatic heterocycles. The van der Waals surface area contributed by atoms with Crippen LogP contribution in [0.3, 0.4) is 0 Å². The number of hydrogen-bond donors (Lipinski definition) is 2. The number of hydrogen-bond acceptors (Lipinski definition) is 6. The molecule has 2 amide bonds. The second-order valence-corrected chi connectivity index (χ2v) is 7.81. The van der Waals surface area contributed by atoms with Gasteiger partial charge in [-0.2, -0.15) is 5.10 Å². The topological polar surface area (TPSA) is 106 Å². The van der Waals surface area contributed by atoms with Crippen LogP contribution in [0.1, 0.15) is 21.5 Å². The second-order valence-electron chi connectivity index (χ2n) is 7.81. The summed E-state index contributed by atoms with van der Waals surface area (Å²) in [6.45, 7) is 1.89. The smallest absolute Gasteiger partial charge is 0.343 e. The van der Waals surface area contributed by atoms with Crippen molar-refractivity contribution in [2.24, 2.45) is 5.10 Å². The fraction of sp³-hybridized carbons (Fsp3) is 0.0714. The molecule has 8 heteroatoms. The third-order valence-corrected chi connectivity index (χ3v) is 5.31. The van der Waals surface area contributed by atoms with Crippen molar-refractivity contribution in [2.75, 3.05) is 12.4 Å². The molecule has 180 valence electrons. The molecule has 2 N–H and O–H groups in total. The van der Waals surface area contributed by atoms with Crippen molar-refractivity contribution in [3.05, 3.63) is 102 Å². The number of anilines is 1. The SMILES string of the molecule is COc1ccccc1NC(=O)C(=O)N/N=C\c1c(OC(=O)c2cccc(C)c2)ccc2ccccc12. The monoisotopic (exact) mass is 481 g/mol. The molecule has 0 bridgehead atoms. The van der Waals surface area contributed by atoms with E-state index in [1.165, 1.54) is 13.3 Å². The number of ether oxygens (including phenoxy) is 2. The fourth-order valence-corrected chi connectivity index (χ4v) is 3.56. The van der Waals surface area contributed by atoms with E-state index in [0.717, 1.165) is 16.3 Å². The normalized spacial score (nSPS) is 10.7. The fourth-order valence-electron chi connectivity index (χ4n) is 3.56. The second kappa shape index (κ2) is 11.0. The van der Waals surface area contributed by atoms with Gasteiger partial charge in [0.15, 0.2) is 0 Å². The molecule has 0 atom stereocenters. The Morgan fingerprint density at radius 2 is 1.61 bits per heavy atom. The lowest BCUT2D eigenvalue weighted by molar-refractivity contribution is -0.136. The van der Waals surface area contributed by atoms with Gasteiger partial charge in [-0.05, 0) is 48.0 Å². The molecule has 0 heterocycles. The van der Waals surface area contributed by atoms with E-state index >= 15 is 0 Å². The molecule has 8 nitrogen and oxygen atoms in total. The number of para-hydroxylation sites is 2. The molecule has 0 saturated heterocycles. The van der Waals surface area contributed by atoms with Crippen molar-refractivity contribution in [3.8, 4) is 11.5 Å². The van der Waals surface area contributed by atoms with E-state index < -0.39 is 17.8 Å². The summed E-state index contributed by atoms with van der Waals surface area (Å²) in [4.78, 5) is 37.4. The van der Waals surface area contributed by atoms with E-state index in [4.69, 9.17) is 9.47 Å². The Labute approximate surface area is 207 Å². The molecule has 0 aliphatic carbocycles. The first-order valence-electron chi connectivity index (χ1n) is 11.0. The standard InChI is InChI=1S/C28H23N3O5/c1-18-8-7-10-20(16-18)28(34)36-24-15-14-19-9-3-4-11-21(19)22(24)17-29-31-27(33)26(32)30-23-12-5-6-13-25(23)35-2/h3-17H,1-2H3,(H,30,32)(H,31,33)/b29-17-. The Morgan fingerprint density at radius 1 is 0.833 bits per heavy atom. The van der Waals surface area contributed by atoms with E-state index in [1.807, 2.05) is 43.3 Å². The highest BCUT2D eigenvalue weighted by Gasteiger charge is 2.16. The predicted octanol–water partition coefficient (Wildman–Crippen LogP) is 4.46. The zero-order valence-electron chi connectivity index (χ0n) is 19.6. The molecule has 0 aromatic heterocycles. The first kappa shape index (κ1) is 24.2. The van der Waals surface area contributed by atoms with Gasteiger partial charge in [-0.25, -0.2) is 10.2 Å². The molecule has 0 fully saturated rings. The maximum absolute atomic E-state index is 12.8. The molecule has 4 rings (SSSR count). The van der Waals surface area contributed by atoms with Gasteiger partial charge in [0.25, 0.3) is 0 Å². The Bertz CT molecular complexity index is 1480. The summed E-state index contributed by atoms with van der Waals surface area (Å²) in [5.41, 5.74) is 4.37. The van der Waals surface area contributed by atoms with Crippen molar-refractivity contribution < 1.29 is 23.9 Å². The Kier molecular flexibility index (Phi) is 7.36. The minimum absolute atomic E-state index is 0.261. The van der Waals surface area contributed by atoms with Gasteiger partial charge in [-0.3, -0.25) is 9.59 Å². The molecular weight excluding hydrogens is 458 g/mol. The minimum atomic E-state index is -0.976. The summed E-state index contributed by atoms with van der Waals surface area (Å²) >= 11 is 0. The lowest BCUT2D eigenvalue weighted by Gasteiger charge is -2.11. The number of rotatable bonds is 6. The van der Waals surface area contributed by atoms with Gasteiger partial charge < -0.3 is 14.8 Å². The van der Waals surface area contributed by atoms with Crippen LogP contribution in [-0.4, -0.2) is 31.1 Å². The van der Waals surface area contributed by atoms with Gasteiger partial charge in [0.1, 0.15) is 11.5 Å². The summed E-state index contributed by atoms with van der Waals surface area (Å²) in [6.07, 6.45) is 1.34. The van der Waals surface area contributed by atoms with Crippen LogP contribution in [0.15, 0.2) is 90.0 Å². The molecule has 0 radical (unpaired) electrons. The quantitative estimate of drug-likeness (QED) is 0.139. The minimum Gasteiger partial charge on any atom is -0.495 e. The molecule has 0 unspecified atom stereocenters. The highest BCUT2D eigenvalue weighted by Crippen LogP contribution is 2.27. The number of esters is 1. The highest BCUT2D eigenvalue weighted by molar-refractivity contribution is 6.39. The zero-order chi connectivity index (χ0) is 25.5. The number of carbonyl (C=O) groups is 3. The third-order valence-electron chi connectivity index (χ3n) is 5.31. The lowest BCUT2D eigenvalue weighted by atomic mass is 10.0. The van der Waals surface area contributed by atoms with Crippen molar-refractivity contribution in [1.29, 1.82) is 0 Å². The predicted molar refractivity (Wildman–Crippen MR) is 137 cm³/mol. The summed E-state index contributed by atoms with van der Waals surface area (Å²) in [5.74, 6) is -1.74. The number of aryl methyl sites for hydroxylation is 1. The van der Waals surface area contributed by atoms with Crippen molar-refractivity contribution in [1.82, 2.24) is 5.43 Å². The van der Waals surface area contributed by atoms with Gasteiger partial charge >= 0.3 is 17.8 Å². The molecule has 0 saturated carbocycles. The number of benzene rings is 4. The van der Waals surface area contributed by atoms with Crippen LogP contribution in [0.4, 0.5) is 5.69 Å². The molecule has 0 aliphatic rings. The Hall–Kier alpha value is -4.98. The number of carbonyl (C=O) groups excluding carboxylic acids is 3. The highest BCUT2D eigenvalue weighted by atomic mass is 16.5. The molecular formula is C28H23N3O5. The van der Waals surface area contributed by atoms with Crippen LogP contribution in [0.2, 0.25) is 0 Å². The van der Waals surface area contributed by atoms with Gasteiger partial charge in [0.2, 0.25) is 0 Å². The maximum atomic E-state index is 12.8. The van der Waals surface area contributed by atoms with E-state index in [-0.39, 0.29) is 5.75 Å². The van der Waals surface area contributed by atoms with Crippen LogP contribution < -0.4 is 20.2 Å². The number of nitrogens with one attached hydrogen (secondary N) is 2. The third kappa shape index (κ3) is 5.56. The lowest BCUT2D eigenvalue weighted by Crippen LogP contribution is -2.32. The molecule has 4 aromatic carbocycles. The van der Waals surface area contributed by atoms with Gasteiger partial charge in [-0.1, -0.05) is 60.2 Å². The van der Waals surface area contributed by atoms with E-state index in [0.29, 0.717) is 22.6 Å². The average Bonchev–Trinajstić information content (AvgIpc) is 2.89. The number of nitrogens with zero attached hydrogens (tertiary/aromatic N) is 1. The van der Waals surface area contributed by atoms with Crippen LogP contribution >= 0.6 is 0 Å². The van der Waals surface area contributed by atoms with Crippen LogP contribution in [0.25, 0.3) is 10.8 Å². The van der Waals surface area contributed by atoms with Crippen LogP contribution in [0.5, 0.6) is 11.5 Å². The van der Waals surface area contributed by atoms with Crippen LogP contribution in [0, 0.1) is 6.92 Å². The molecule has 36 heavy (non-hydrogen) atoms. The number of hydrazone groups is 1. The number of methoxy groups -OCH3 is 1. The summed E-state index contributed by atoms with van der Waals surface area (Å²) in [7, 11) is 1.46. The Morgan fingerprint density at radius 3 is 2.42 bits per heavy atom. The van der Waals surface area contributed by atoms with Crippen molar-refractivity contribution >= 4 is 40.5 Å². The van der Waals surface area contributed by atoms with Gasteiger partial charge in [-0.15, -0.1) is 0 Å². The van der Waals surface area contributed by atoms with Gasteiger partial charge in [0, 0.05) is 5.56 Å². The zero-order valence-corrected chi connectivity index (χ0v) is 19.6.